The second-order valence-electron chi connectivity index (χ2n) is 6.06. The predicted molar refractivity (Wildman–Crippen MR) is 77.8 cm³/mol. The zero-order valence-electron chi connectivity index (χ0n) is 12.8. The summed E-state index contributed by atoms with van der Waals surface area (Å²) in [7, 11) is 1.84. The second-order valence-corrected chi connectivity index (χ2v) is 6.06. The molecule has 1 aliphatic rings. The van der Waals surface area contributed by atoms with E-state index in [4.69, 9.17) is 10.5 Å². The maximum Gasteiger partial charge on any atom is 0.0777 e. The summed E-state index contributed by atoms with van der Waals surface area (Å²) in [5, 5.41) is 0. The van der Waals surface area contributed by atoms with Gasteiger partial charge < -0.3 is 10.5 Å². The van der Waals surface area contributed by atoms with Crippen LogP contribution in [0.15, 0.2) is 0 Å². The Labute approximate surface area is 113 Å². The maximum absolute atomic E-state index is 6.14. The highest BCUT2D eigenvalue weighted by Gasteiger charge is 2.40. The molecule has 0 amide bonds. The molecule has 3 heteroatoms. The molecule has 2 atom stereocenters. The van der Waals surface area contributed by atoms with Crippen LogP contribution in [0.2, 0.25) is 0 Å². The van der Waals surface area contributed by atoms with Crippen LogP contribution in [0.3, 0.4) is 0 Å². The fraction of sp³-hybridized carbons (Fsp3) is 1.00. The molecule has 1 fully saturated rings. The molecule has 0 radical (unpaired) electrons. The van der Waals surface area contributed by atoms with E-state index in [0.29, 0.717) is 0 Å². The Hall–Kier alpha value is -0.120. The van der Waals surface area contributed by atoms with E-state index in [1.165, 1.54) is 32.2 Å². The van der Waals surface area contributed by atoms with E-state index < -0.39 is 0 Å². The molecule has 0 aliphatic carbocycles. The number of nitrogens with zero attached hydrogens (tertiary/aromatic N) is 1. The minimum absolute atomic E-state index is 0.0139. The first kappa shape index (κ1) is 15.9. The van der Waals surface area contributed by atoms with E-state index in [1.807, 2.05) is 7.11 Å². The summed E-state index contributed by atoms with van der Waals surface area (Å²) in [5.74, 6) is 0. The number of likely N-dealkylation sites (tertiary alicyclic amines) is 1. The van der Waals surface area contributed by atoms with Crippen LogP contribution in [0.1, 0.15) is 59.3 Å². The van der Waals surface area contributed by atoms with Gasteiger partial charge in [-0.25, -0.2) is 0 Å². The summed E-state index contributed by atoms with van der Waals surface area (Å²) < 4.78 is 5.72. The van der Waals surface area contributed by atoms with Crippen molar-refractivity contribution in [3.8, 4) is 0 Å². The van der Waals surface area contributed by atoms with Gasteiger partial charge in [-0.3, -0.25) is 4.90 Å². The summed E-state index contributed by atoms with van der Waals surface area (Å²) in [6.45, 7) is 9.73. The first-order valence-electron chi connectivity index (χ1n) is 7.56. The van der Waals surface area contributed by atoms with Crippen molar-refractivity contribution < 1.29 is 4.74 Å². The smallest absolute Gasteiger partial charge is 0.0777 e. The van der Waals surface area contributed by atoms with Gasteiger partial charge in [0.1, 0.15) is 0 Å². The topological polar surface area (TPSA) is 38.5 Å². The number of piperidine rings is 1. The van der Waals surface area contributed by atoms with E-state index in [9.17, 15) is 0 Å². The molecular weight excluding hydrogens is 224 g/mol. The van der Waals surface area contributed by atoms with Crippen molar-refractivity contribution in [3.63, 3.8) is 0 Å². The number of nitrogens with two attached hydrogens (primary N) is 1. The zero-order chi connectivity index (χ0) is 13.6. The van der Waals surface area contributed by atoms with Crippen molar-refractivity contribution in [2.24, 2.45) is 5.73 Å². The van der Waals surface area contributed by atoms with Gasteiger partial charge in [0.05, 0.1) is 5.60 Å². The van der Waals surface area contributed by atoms with Crippen LogP contribution < -0.4 is 5.73 Å². The lowest BCUT2D eigenvalue weighted by atomic mass is 9.83. The molecule has 0 aromatic rings. The van der Waals surface area contributed by atoms with E-state index in [2.05, 4.69) is 25.7 Å². The molecule has 1 heterocycles. The quantitative estimate of drug-likeness (QED) is 0.761. The number of hydrogen-bond acceptors (Lipinski definition) is 3. The van der Waals surface area contributed by atoms with Crippen LogP contribution in [0.5, 0.6) is 0 Å². The lowest BCUT2D eigenvalue weighted by Crippen LogP contribution is -2.60. The van der Waals surface area contributed by atoms with Crippen molar-refractivity contribution in [2.45, 2.75) is 70.4 Å². The molecule has 1 saturated heterocycles. The molecule has 18 heavy (non-hydrogen) atoms. The van der Waals surface area contributed by atoms with Gasteiger partial charge in [-0.15, -0.1) is 0 Å². The molecule has 2 N–H and O–H groups in total. The Bertz CT molecular complexity index is 241. The molecule has 0 saturated carbocycles. The second kappa shape index (κ2) is 6.88. The fourth-order valence-electron chi connectivity index (χ4n) is 3.22. The summed E-state index contributed by atoms with van der Waals surface area (Å²) >= 11 is 0. The minimum atomic E-state index is 0.0139. The molecule has 1 rings (SSSR count). The first-order valence-corrected chi connectivity index (χ1v) is 7.56. The lowest BCUT2D eigenvalue weighted by Gasteiger charge is -2.50. The monoisotopic (exact) mass is 256 g/mol. The Morgan fingerprint density at radius 3 is 2.61 bits per heavy atom. The summed E-state index contributed by atoms with van der Waals surface area (Å²) in [4.78, 5) is 2.61. The van der Waals surface area contributed by atoms with Crippen LogP contribution in [0.4, 0.5) is 0 Å². The lowest BCUT2D eigenvalue weighted by molar-refractivity contribution is -0.0829. The SMILES string of the molecule is CCCCC(CC)(CN)N1CCCC(C)(OC)C1. The van der Waals surface area contributed by atoms with Crippen LogP contribution >= 0.6 is 0 Å². The van der Waals surface area contributed by atoms with E-state index >= 15 is 0 Å². The van der Waals surface area contributed by atoms with Gasteiger partial charge in [-0.05, 0) is 39.2 Å². The molecule has 108 valence electrons. The summed E-state index contributed by atoms with van der Waals surface area (Å²) in [6.07, 6.45) is 7.26. The van der Waals surface area contributed by atoms with E-state index in [-0.39, 0.29) is 11.1 Å². The average molecular weight is 256 g/mol. The number of ether oxygens (including phenoxy) is 1. The minimum Gasteiger partial charge on any atom is -0.377 e. The Balaban J connectivity index is 2.78. The standard InChI is InChI=1S/C15H32N2O/c1-5-7-10-15(6-2,12-16)17-11-8-9-14(3,13-17)18-4/h5-13,16H2,1-4H3. The fourth-order valence-corrected chi connectivity index (χ4v) is 3.22. The maximum atomic E-state index is 6.14. The van der Waals surface area contributed by atoms with Gasteiger partial charge in [-0.1, -0.05) is 26.7 Å². The van der Waals surface area contributed by atoms with E-state index in [1.54, 1.807) is 0 Å². The van der Waals surface area contributed by atoms with Gasteiger partial charge in [0.25, 0.3) is 0 Å². The Kier molecular flexibility index (Phi) is 6.09. The Morgan fingerprint density at radius 2 is 2.11 bits per heavy atom. The zero-order valence-corrected chi connectivity index (χ0v) is 12.8. The average Bonchev–Trinajstić information content (AvgIpc) is 2.41. The number of rotatable bonds is 7. The molecule has 0 aromatic heterocycles. The molecule has 1 aliphatic heterocycles. The third kappa shape index (κ3) is 3.46. The number of hydrogen-bond donors (Lipinski definition) is 1. The van der Waals surface area contributed by atoms with Gasteiger partial charge in [0, 0.05) is 25.7 Å². The predicted octanol–water partition coefficient (Wildman–Crippen LogP) is 2.79. The Morgan fingerprint density at radius 1 is 1.39 bits per heavy atom. The largest absolute Gasteiger partial charge is 0.377 e. The van der Waals surface area contributed by atoms with Gasteiger partial charge in [0.2, 0.25) is 0 Å². The summed E-state index contributed by atoms with van der Waals surface area (Å²) in [5.41, 5.74) is 6.34. The van der Waals surface area contributed by atoms with Crippen molar-refractivity contribution in [3.05, 3.63) is 0 Å². The number of methoxy groups -OCH3 is 1. The highest BCUT2D eigenvalue weighted by atomic mass is 16.5. The molecule has 0 aromatic carbocycles. The number of unbranched alkanes of at least 4 members (excludes halogenated alkanes) is 1. The third-order valence-corrected chi connectivity index (χ3v) is 4.86. The van der Waals surface area contributed by atoms with E-state index in [0.717, 1.165) is 25.9 Å². The van der Waals surface area contributed by atoms with Gasteiger partial charge in [-0.2, -0.15) is 0 Å². The van der Waals surface area contributed by atoms with Crippen LogP contribution in [0.25, 0.3) is 0 Å². The van der Waals surface area contributed by atoms with Crippen molar-refractivity contribution in [1.29, 1.82) is 0 Å². The van der Waals surface area contributed by atoms with Gasteiger partial charge >= 0.3 is 0 Å². The molecule has 3 nitrogen and oxygen atoms in total. The molecule has 2 unspecified atom stereocenters. The van der Waals surface area contributed by atoms with Crippen LogP contribution in [-0.4, -0.2) is 42.8 Å². The highest BCUT2D eigenvalue weighted by molar-refractivity contribution is 4.96. The normalized spacial score (nSPS) is 29.2. The first-order chi connectivity index (χ1) is 8.55. The molecule has 0 spiro atoms. The summed E-state index contributed by atoms with van der Waals surface area (Å²) in [6, 6.07) is 0. The molecular formula is C15H32N2O. The van der Waals surface area contributed by atoms with Crippen molar-refractivity contribution in [1.82, 2.24) is 4.90 Å². The van der Waals surface area contributed by atoms with Crippen LogP contribution in [0, 0.1) is 0 Å². The van der Waals surface area contributed by atoms with Gasteiger partial charge in [0.15, 0.2) is 0 Å². The molecule has 0 bridgehead atoms. The van der Waals surface area contributed by atoms with Crippen molar-refractivity contribution >= 4 is 0 Å². The van der Waals surface area contributed by atoms with Crippen molar-refractivity contribution in [2.75, 3.05) is 26.7 Å². The third-order valence-electron chi connectivity index (χ3n) is 4.86. The highest BCUT2D eigenvalue weighted by Crippen LogP contribution is 2.33. The van der Waals surface area contributed by atoms with Crippen LogP contribution in [-0.2, 0) is 4.74 Å².